The number of ether oxygens (including phenoxy) is 3. The topological polar surface area (TPSA) is 99.1 Å². The molecule has 0 bridgehead atoms. The van der Waals surface area contributed by atoms with Crippen LogP contribution >= 0.6 is 15.9 Å². The fourth-order valence-electron chi connectivity index (χ4n) is 11.0. The monoisotopic (exact) mass is 668 g/mol. The molecule has 0 heterocycles. The van der Waals surface area contributed by atoms with Gasteiger partial charge in [-0.3, -0.25) is 14.4 Å². The number of rotatable bonds is 9. The quantitative estimate of drug-likeness (QED) is 0.157. The summed E-state index contributed by atoms with van der Waals surface area (Å²) in [5.74, 6) is 1.10. The van der Waals surface area contributed by atoms with E-state index in [1.807, 2.05) is 0 Å². The second-order valence-corrected chi connectivity index (χ2v) is 16.8. The summed E-state index contributed by atoms with van der Waals surface area (Å²) in [5, 5.41) is 11.8. The highest BCUT2D eigenvalue weighted by molar-refractivity contribution is 9.10. The van der Waals surface area contributed by atoms with Crippen LogP contribution in [-0.2, 0) is 28.6 Å². The number of fused-ring (bicyclic) bond motifs is 5. The Bertz CT molecular complexity index is 1050. The zero-order valence-corrected chi connectivity index (χ0v) is 29.6. The van der Waals surface area contributed by atoms with Crippen molar-refractivity contribution in [2.24, 2.45) is 52.3 Å². The second-order valence-electron chi connectivity index (χ2n) is 15.4. The second kappa shape index (κ2) is 12.9. The van der Waals surface area contributed by atoms with Crippen LogP contribution in [0.15, 0.2) is 0 Å². The third-order valence-electron chi connectivity index (χ3n) is 13.0. The lowest BCUT2D eigenvalue weighted by Gasteiger charge is -2.65. The van der Waals surface area contributed by atoms with Gasteiger partial charge in [-0.1, -0.05) is 57.5 Å². The number of hydrogen-bond donors (Lipinski definition) is 1. The van der Waals surface area contributed by atoms with Gasteiger partial charge in [0.2, 0.25) is 0 Å². The number of esters is 3. The zero-order valence-electron chi connectivity index (χ0n) is 28.0. The summed E-state index contributed by atoms with van der Waals surface area (Å²) in [5.41, 5.74) is -0.0556. The van der Waals surface area contributed by atoms with Gasteiger partial charge in [0.25, 0.3) is 0 Å². The van der Waals surface area contributed by atoms with E-state index in [1.54, 1.807) is 0 Å². The molecule has 8 heteroatoms. The van der Waals surface area contributed by atoms with Crippen molar-refractivity contribution in [2.45, 2.75) is 149 Å². The average Bonchev–Trinajstić information content (AvgIpc) is 3.25. The fraction of sp³-hybridized carbons (Fsp3) is 0.914. The van der Waals surface area contributed by atoms with Gasteiger partial charge in [-0.2, -0.15) is 0 Å². The molecule has 4 rings (SSSR count). The van der Waals surface area contributed by atoms with Crippen molar-refractivity contribution >= 4 is 33.8 Å². The number of carbonyl (C=O) groups is 3. The third-order valence-corrected chi connectivity index (χ3v) is 14.7. The fourth-order valence-corrected chi connectivity index (χ4v) is 12.0. The molecule has 0 aromatic heterocycles. The van der Waals surface area contributed by atoms with Crippen molar-refractivity contribution < 1.29 is 33.7 Å². The van der Waals surface area contributed by atoms with Gasteiger partial charge in [0.15, 0.2) is 0 Å². The molecule has 0 unspecified atom stereocenters. The van der Waals surface area contributed by atoms with Crippen molar-refractivity contribution in [3.63, 3.8) is 0 Å². The maximum absolute atomic E-state index is 12.5. The SMILES string of the molecule is CC[C@@H](C(C)C)[C@@H](OC(C)=O)[C@H](OC(C)=O)[C@@H](C)[C@H]1CC[C@H]2[C@@H]3C[C@H](O)[C@]4(Br)C[C@@H](OC(C)=O)CC[C@]4(C)[C@H]3CC[C@]12C. The van der Waals surface area contributed by atoms with Crippen LogP contribution in [0.1, 0.15) is 120 Å². The van der Waals surface area contributed by atoms with Gasteiger partial charge in [0.05, 0.1) is 10.4 Å². The van der Waals surface area contributed by atoms with Crippen molar-refractivity contribution in [2.75, 3.05) is 0 Å². The lowest BCUT2D eigenvalue weighted by molar-refractivity contribution is -0.185. The van der Waals surface area contributed by atoms with Gasteiger partial charge in [0.1, 0.15) is 18.3 Å². The molecule has 7 nitrogen and oxygen atoms in total. The van der Waals surface area contributed by atoms with Crippen molar-refractivity contribution in [3.05, 3.63) is 0 Å². The van der Waals surface area contributed by atoms with Gasteiger partial charge in [-0.25, -0.2) is 0 Å². The van der Waals surface area contributed by atoms with Gasteiger partial charge in [-0.15, -0.1) is 0 Å². The van der Waals surface area contributed by atoms with Crippen LogP contribution in [0, 0.1) is 52.3 Å². The van der Waals surface area contributed by atoms with Gasteiger partial charge < -0.3 is 19.3 Å². The summed E-state index contributed by atoms with van der Waals surface area (Å²) in [4.78, 5) is 36.6. The zero-order chi connectivity index (χ0) is 32.1. The van der Waals surface area contributed by atoms with Crippen molar-refractivity contribution in [1.82, 2.24) is 0 Å². The Kier molecular flexibility index (Phi) is 10.4. The molecule has 0 radical (unpaired) electrons. The standard InChI is InChI=1S/C35H57BrO7/c1-10-25(19(2)3)32(43-23(7)39)31(42-22(6)38)20(4)27-11-12-28-26-17-30(40)35(36)18-24(41-21(5)37)13-16-34(35,9)29(26)14-15-33(27,28)8/h19-20,24-32,40H,10-18H2,1-9H3/t20-,24-,25-,26-,27+,28-,29-,30-,31+,32+,33+,34+,35+/m0/s1. The maximum Gasteiger partial charge on any atom is 0.303 e. The number of carbonyl (C=O) groups excluding carboxylic acids is 3. The molecule has 0 aliphatic heterocycles. The number of alkyl halides is 1. The van der Waals surface area contributed by atoms with Crippen LogP contribution in [0.3, 0.4) is 0 Å². The molecule has 0 saturated heterocycles. The first-order valence-corrected chi connectivity index (χ1v) is 17.7. The van der Waals surface area contributed by atoms with E-state index < -0.39 is 22.6 Å². The Labute approximate surface area is 268 Å². The van der Waals surface area contributed by atoms with Crippen LogP contribution in [0.2, 0.25) is 0 Å². The maximum atomic E-state index is 12.5. The van der Waals surface area contributed by atoms with E-state index in [-0.39, 0.29) is 52.6 Å². The first kappa shape index (κ1) is 34.7. The number of hydrogen-bond acceptors (Lipinski definition) is 7. The van der Waals surface area contributed by atoms with E-state index in [9.17, 15) is 19.5 Å². The lowest BCUT2D eigenvalue weighted by Crippen LogP contribution is -2.66. The predicted octanol–water partition coefficient (Wildman–Crippen LogP) is 7.25. The predicted molar refractivity (Wildman–Crippen MR) is 169 cm³/mol. The molecule has 246 valence electrons. The molecule has 0 aromatic rings. The first-order valence-electron chi connectivity index (χ1n) is 16.9. The lowest BCUT2D eigenvalue weighted by atomic mass is 9.43. The van der Waals surface area contributed by atoms with E-state index >= 15 is 0 Å². The Morgan fingerprint density at radius 3 is 2.07 bits per heavy atom. The Hall–Kier alpha value is -1.15. The molecule has 4 fully saturated rings. The van der Waals surface area contributed by atoms with E-state index in [0.717, 1.165) is 51.4 Å². The number of aliphatic hydroxyl groups excluding tert-OH is 1. The van der Waals surface area contributed by atoms with Crippen molar-refractivity contribution in [1.29, 1.82) is 0 Å². The summed E-state index contributed by atoms with van der Waals surface area (Å²) in [6, 6.07) is 0. The van der Waals surface area contributed by atoms with E-state index in [2.05, 4.69) is 57.5 Å². The molecule has 43 heavy (non-hydrogen) atoms. The Morgan fingerprint density at radius 2 is 1.51 bits per heavy atom. The third kappa shape index (κ3) is 6.18. The van der Waals surface area contributed by atoms with Gasteiger partial charge >= 0.3 is 17.9 Å². The summed E-state index contributed by atoms with van der Waals surface area (Å²) in [7, 11) is 0. The highest BCUT2D eigenvalue weighted by Crippen LogP contribution is 2.71. The minimum absolute atomic E-state index is 0.0196. The molecule has 0 spiro atoms. The van der Waals surface area contributed by atoms with Crippen LogP contribution in [0.4, 0.5) is 0 Å². The van der Waals surface area contributed by atoms with Crippen LogP contribution in [0.5, 0.6) is 0 Å². The normalized spacial score (nSPS) is 41.6. The Morgan fingerprint density at radius 1 is 0.884 bits per heavy atom. The molecule has 4 saturated carbocycles. The molecule has 4 aliphatic carbocycles. The molecule has 13 atom stereocenters. The van der Waals surface area contributed by atoms with E-state index in [4.69, 9.17) is 14.2 Å². The molecular weight excluding hydrogens is 612 g/mol. The molecule has 0 aromatic carbocycles. The van der Waals surface area contributed by atoms with Crippen molar-refractivity contribution in [3.8, 4) is 0 Å². The molecule has 4 aliphatic rings. The molecule has 1 N–H and O–H groups in total. The smallest absolute Gasteiger partial charge is 0.303 e. The summed E-state index contributed by atoms with van der Waals surface area (Å²) in [6.45, 7) is 17.8. The highest BCUT2D eigenvalue weighted by Gasteiger charge is 2.67. The summed E-state index contributed by atoms with van der Waals surface area (Å²) in [6.07, 6.45) is 6.59. The number of halogens is 1. The minimum Gasteiger partial charge on any atom is -0.463 e. The van der Waals surface area contributed by atoms with Gasteiger partial charge in [-0.05, 0) is 91.8 Å². The minimum atomic E-state index is -0.519. The summed E-state index contributed by atoms with van der Waals surface area (Å²) >= 11 is 4.09. The summed E-state index contributed by atoms with van der Waals surface area (Å²) < 4.78 is 17.3. The first-order chi connectivity index (χ1) is 20.0. The number of aliphatic hydroxyl groups is 1. The van der Waals surface area contributed by atoms with Crippen LogP contribution in [0.25, 0.3) is 0 Å². The molecular formula is C35H57BrO7. The highest BCUT2D eigenvalue weighted by atomic mass is 79.9. The molecule has 0 amide bonds. The average molecular weight is 670 g/mol. The van der Waals surface area contributed by atoms with Crippen LogP contribution in [-0.4, -0.2) is 51.8 Å². The van der Waals surface area contributed by atoms with E-state index in [0.29, 0.717) is 30.1 Å². The Balaban J connectivity index is 1.62. The largest absolute Gasteiger partial charge is 0.463 e. The van der Waals surface area contributed by atoms with Crippen LogP contribution < -0.4 is 0 Å². The van der Waals surface area contributed by atoms with Gasteiger partial charge in [0, 0.05) is 39.0 Å². The van der Waals surface area contributed by atoms with E-state index in [1.165, 1.54) is 20.8 Å².